The van der Waals surface area contributed by atoms with Gasteiger partial charge in [0.15, 0.2) is 0 Å². The highest BCUT2D eigenvalue weighted by molar-refractivity contribution is 5.93. The summed E-state index contributed by atoms with van der Waals surface area (Å²) in [5, 5.41) is 23.5. The third-order valence-electron chi connectivity index (χ3n) is 4.66. The molecule has 0 aliphatic heterocycles. The van der Waals surface area contributed by atoms with Crippen LogP contribution in [-0.4, -0.2) is 39.8 Å². The van der Waals surface area contributed by atoms with Gasteiger partial charge in [-0.25, -0.2) is 9.97 Å². The number of aliphatic hydroxyl groups is 1. The fourth-order valence-corrected chi connectivity index (χ4v) is 2.99. The van der Waals surface area contributed by atoms with Gasteiger partial charge in [0.25, 0.3) is 5.88 Å². The molecule has 1 aliphatic carbocycles. The minimum absolute atomic E-state index is 0.0738. The molecule has 0 saturated heterocycles. The normalized spacial score (nSPS) is 13.3. The maximum atomic E-state index is 9.22. The Morgan fingerprint density at radius 3 is 2.89 bits per heavy atom. The van der Waals surface area contributed by atoms with Crippen LogP contribution in [0.4, 0.5) is 5.69 Å². The molecule has 7 heteroatoms. The molecule has 1 saturated carbocycles. The zero-order valence-electron chi connectivity index (χ0n) is 15.4. The molecular weight excluding hydrogens is 354 g/mol. The first-order valence-corrected chi connectivity index (χ1v) is 9.38. The van der Waals surface area contributed by atoms with Crippen molar-refractivity contribution in [1.29, 1.82) is 5.26 Å². The van der Waals surface area contributed by atoms with Crippen LogP contribution >= 0.6 is 0 Å². The highest BCUT2D eigenvalue weighted by atomic mass is 16.5. The molecule has 2 heterocycles. The second-order valence-electron chi connectivity index (χ2n) is 6.91. The largest absolute Gasteiger partial charge is 0.475 e. The minimum atomic E-state index is 0.0738. The lowest BCUT2D eigenvalue weighted by Crippen LogP contribution is -2.07. The Labute approximate surface area is 163 Å². The summed E-state index contributed by atoms with van der Waals surface area (Å²) in [6.45, 7) is 1.15. The van der Waals surface area contributed by atoms with E-state index < -0.39 is 0 Å². The van der Waals surface area contributed by atoms with Crippen LogP contribution in [0.3, 0.4) is 0 Å². The van der Waals surface area contributed by atoms with Crippen molar-refractivity contribution >= 4 is 16.5 Å². The summed E-state index contributed by atoms with van der Waals surface area (Å²) in [6.07, 6.45) is 6.28. The Hall–Kier alpha value is -3.24. The maximum absolute atomic E-state index is 9.22. The molecule has 28 heavy (non-hydrogen) atoms. The summed E-state index contributed by atoms with van der Waals surface area (Å²) < 4.78 is 5.71. The summed E-state index contributed by atoms with van der Waals surface area (Å²) in [5.74, 6) is 0.885. The molecule has 142 valence electrons. The van der Waals surface area contributed by atoms with Crippen molar-refractivity contribution in [3.8, 4) is 11.9 Å². The molecule has 0 unspecified atom stereocenters. The maximum Gasteiger partial charge on any atom is 0.251 e. The molecule has 3 aromatic rings. The van der Waals surface area contributed by atoms with Gasteiger partial charge in [-0.05, 0) is 36.3 Å². The van der Waals surface area contributed by atoms with Crippen LogP contribution < -0.4 is 10.1 Å². The van der Waals surface area contributed by atoms with Crippen molar-refractivity contribution in [1.82, 2.24) is 15.0 Å². The van der Waals surface area contributed by atoms with Crippen LogP contribution in [-0.2, 0) is 6.42 Å². The zero-order chi connectivity index (χ0) is 19.3. The Balaban J connectivity index is 1.55. The first-order valence-electron chi connectivity index (χ1n) is 9.38. The Bertz CT molecular complexity index is 1030. The molecule has 0 radical (unpaired) electrons. The van der Waals surface area contributed by atoms with Crippen molar-refractivity contribution in [3.63, 3.8) is 0 Å². The molecule has 1 fully saturated rings. The van der Waals surface area contributed by atoms with E-state index >= 15 is 0 Å². The first-order chi connectivity index (χ1) is 13.8. The van der Waals surface area contributed by atoms with E-state index in [2.05, 4.69) is 20.3 Å². The monoisotopic (exact) mass is 375 g/mol. The summed E-state index contributed by atoms with van der Waals surface area (Å²) >= 11 is 0. The number of anilines is 1. The molecule has 2 N–H and O–H groups in total. The molecule has 0 amide bonds. The number of nitrogens with one attached hydrogen (secondary N) is 1. The molecule has 0 bridgehead atoms. The number of fused-ring (bicyclic) bond motifs is 1. The Morgan fingerprint density at radius 2 is 2.11 bits per heavy atom. The minimum Gasteiger partial charge on any atom is -0.475 e. The molecule has 2 aromatic heterocycles. The number of aliphatic hydroxyl groups excluding tert-OH is 1. The first kappa shape index (κ1) is 18.1. The third-order valence-corrected chi connectivity index (χ3v) is 4.66. The van der Waals surface area contributed by atoms with E-state index in [-0.39, 0.29) is 12.3 Å². The lowest BCUT2D eigenvalue weighted by molar-refractivity contribution is 0.285. The summed E-state index contributed by atoms with van der Waals surface area (Å²) in [7, 11) is 0. The van der Waals surface area contributed by atoms with Crippen molar-refractivity contribution in [2.75, 3.05) is 25.1 Å². The van der Waals surface area contributed by atoms with Crippen molar-refractivity contribution in [2.24, 2.45) is 5.92 Å². The molecule has 4 rings (SSSR count). The van der Waals surface area contributed by atoms with E-state index in [0.29, 0.717) is 37.1 Å². The van der Waals surface area contributed by atoms with E-state index in [4.69, 9.17) is 9.84 Å². The number of nitriles is 1. The average molecular weight is 375 g/mol. The van der Waals surface area contributed by atoms with Gasteiger partial charge in [-0.15, -0.1) is 0 Å². The number of ether oxygens (including phenoxy) is 1. The number of rotatable bonds is 8. The van der Waals surface area contributed by atoms with Crippen LogP contribution in [0.15, 0.2) is 36.7 Å². The Morgan fingerprint density at radius 1 is 1.21 bits per heavy atom. The lowest BCUT2D eigenvalue weighted by Gasteiger charge is -2.10. The van der Waals surface area contributed by atoms with Gasteiger partial charge in [0.1, 0.15) is 6.07 Å². The summed E-state index contributed by atoms with van der Waals surface area (Å²) in [5.41, 5.74) is 2.74. The van der Waals surface area contributed by atoms with Gasteiger partial charge in [-0.2, -0.15) is 5.26 Å². The number of pyridine rings is 1. The van der Waals surface area contributed by atoms with E-state index in [1.807, 2.05) is 36.5 Å². The highest BCUT2D eigenvalue weighted by Gasteiger charge is 2.23. The van der Waals surface area contributed by atoms with Crippen LogP contribution in [0.2, 0.25) is 0 Å². The highest BCUT2D eigenvalue weighted by Crippen LogP contribution is 2.30. The standard InChI is InChI=1S/C21H21N5O2/c22-10-20-21(28-13-14-4-5-14)26-17(11-25-20)9-16-8-15-2-1-3-19(23-6-7-27)18(15)12-24-16/h1-3,8,11-12,14,23,27H,4-7,9,13H2. The summed E-state index contributed by atoms with van der Waals surface area (Å²) in [4.78, 5) is 13.2. The molecule has 1 aliphatic rings. The van der Waals surface area contributed by atoms with E-state index in [1.165, 1.54) is 12.8 Å². The van der Waals surface area contributed by atoms with Crippen molar-refractivity contribution in [3.05, 3.63) is 53.7 Å². The molecule has 0 atom stereocenters. The fraction of sp³-hybridized carbons (Fsp3) is 0.333. The predicted molar refractivity (Wildman–Crippen MR) is 105 cm³/mol. The van der Waals surface area contributed by atoms with E-state index in [9.17, 15) is 5.26 Å². The number of aromatic nitrogens is 3. The van der Waals surface area contributed by atoms with Gasteiger partial charge in [0.2, 0.25) is 5.69 Å². The zero-order valence-corrected chi connectivity index (χ0v) is 15.4. The number of nitrogens with zero attached hydrogens (tertiary/aromatic N) is 4. The van der Waals surface area contributed by atoms with Gasteiger partial charge in [0, 0.05) is 35.9 Å². The number of hydrogen-bond acceptors (Lipinski definition) is 7. The van der Waals surface area contributed by atoms with Crippen LogP contribution in [0.5, 0.6) is 5.88 Å². The van der Waals surface area contributed by atoms with Gasteiger partial charge < -0.3 is 15.2 Å². The third kappa shape index (κ3) is 4.18. The second-order valence-corrected chi connectivity index (χ2v) is 6.91. The van der Waals surface area contributed by atoms with Crippen LogP contribution in [0, 0.1) is 17.2 Å². The van der Waals surface area contributed by atoms with Gasteiger partial charge in [-0.1, -0.05) is 12.1 Å². The molecule has 1 aromatic carbocycles. The fourth-order valence-electron chi connectivity index (χ4n) is 2.99. The lowest BCUT2D eigenvalue weighted by atomic mass is 10.1. The van der Waals surface area contributed by atoms with Crippen molar-refractivity contribution in [2.45, 2.75) is 19.3 Å². The second kappa shape index (κ2) is 8.19. The smallest absolute Gasteiger partial charge is 0.251 e. The molecule has 0 spiro atoms. The average Bonchev–Trinajstić information content (AvgIpc) is 3.55. The van der Waals surface area contributed by atoms with Gasteiger partial charge >= 0.3 is 0 Å². The van der Waals surface area contributed by atoms with E-state index in [0.717, 1.165) is 22.2 Å². The molecule has 7 nitrogen and oxygen atoms in total. The van der Waals surface area contributed by atoms with E-state index in [1.54, 1.807) is 6.20 Å². The number of benzene rings is 1. The summed E-state index contributed by atoms with van der Waals surface area (Å²) in [6, 6.07) is 10.0. The van der Waals surface area contributed by atoms with Gasteiger partial charge in [-0.3, -0.25) is 4.98 Å². The predicted octanol–water partition coefficient (Wildman–Crippen LogP) is 2.68. The van der Waals surface area contributed by atoms with Crippen LogP contribution in [0.25, 0.3) is 10.8 Å². The molecular formula is C21H21N5O2. The van der Waals surface area contributed by atoms with Crippen LogP contribution in [0.1, 0.15) is 29.9 Å². The van der Waals surface area contributed by atoms with Crippen molar-refractivity contribution < 1.29 is 9.84 Å². The Kier molecular flexibility index (Phi) is 5.31. The number of hydrogen-bond donors (Lipinski definition) is 2. The van der Waals surface area contributed by atoms with Gasteiger partial charge in [0.05, 0.1) is 25.1 Å². The topological polar surface area (TPSA) is 104 Å². The quantitative estimate of drug-likeness (QED) is 0.624. The SMILES string of the molecule is N#Cc1ncc(Cc2cc3cccc(NCCO)c3cn2)nc1OCC1CC1.